The third-order valence-electron chi connectivity index (χ3n) is 4.75. The lowest BCUT2D eigenvalue weighted by molar-refractivity contribution is 0.258. The summed E-state index contributed by atoms with van der Waals surface area (Å²) in [6.45, 7) is 0. The van der Waals surface area contributed by atoms with Crippen LogP contribution >= 0.6 is 147 Å². The number of hydrogen-bond donors (Lipinski definition) is 0. The van der Waals surface area contributed by atoms with Gasteiger partial charge in [0.2, 0.25) is 0 Å². The molecule has 0 aliphatic heterocycles. The first kappa shape index (κ1) is 35.5. The molecule has 0 atom stereocenters. The summed E-state index contributed by atoms with van der Waals surface area (Å²) < 4.78 is 31.4. The van der Waals surface area contributed by atoms with Gasteiger partial charge in [0.25, 0.3) is 0 Å². The fourth-order valence-corrected chi connectivity index (χ4v) is 6.82. The smallest absolute Gasteiger partial charge is 0.384 e. The molecule has 0 spiro atoms. The predicted molar refractivity (Wildman–Crippen MR) is 177 cm³/mol. The maximum atomic E-state index is 14.4. The summed E-state index contributed by atoms with van der Waals surface area (Å²) in [5.74, 6) is -0.953. The largest absolute Gasteiger partial charge is 0.647 e. The van der Waals surface area contributed by atoms with Gasteiger partial charge in [-0.3, -0.25) is 0 Å². The summed E-state index contributed by atoms with van der Waals surface area (Å²) in [6.07, 6.45) is 0. The van der Waals surface area contributed by atoms with Gasteiger partial charge in [-0.1, -0.05) is 139 Å². The lowest BCUT2D eigenvalue weighted by Crippen LogP contribution is -2.02. The minimum Gasteiger partial charge on any atom is -0.384 e. The second-order valence-electron chi connectivity index (χ2n) is 7.38. The molecule has 0 saturated heterocycles. The van der Waals surface area contributed by atoms with Crippen LogP contribution in [0, 0.1) is 0 Å². The molecule has 3 aromatic carbocycles. The number of rotatable bonds is 9. The Labute approximate surface area is 294 Å². The van der Waals surface area contributed by atoms with Gasteiger partial charge in [-0.25, -0.2) is 0 Å². The molecule has 0 bridgehead atoms. The summed E-state index contributed by atoms with van der Waals surface area (Å²) in [5.41, 5.74) is 2.90. The van der Waals surface area contributed by atoms with E-state index in [-0.39, 0.29) is 79.2 Å². The lowest BCUT2D eigenvalue weighted by Gasteiger charge is -2.24. The molecule has 4 nitrogen and oxygen atoms in total. The second kappa shape index (κ2) is 15.3. The first-order chi connectivity index (χ1) is 19.2. The zero-order valence-electron chi connectivity index (χ0n) is 19.3. The summed E-state index contributed by atoms with van der Waals surface area (Å²) in [4.78, 5) is 0. The molecule has 0 N–H and O–H groups in total. The third kappa shape index (κ3) is 8.80. The van der Waals surface area contributed by atoms with Crippen molar-refractivity contribution in [1.29, 1.82) is 0 Å². The molecule has 0 aromatic heterocycles. The topological polar surface area (TPSA) is 44.8 Å². The molecule has 3 rings (SSSR count). The minimum absolute atomic E-state index is 0.0270. The lowest BCUT2D eigenvalue weighted by atomic mass is 10.2. The van der Waals surface area contributed by atoms with Gasteiger partial charge in [0.05, 0.1) is 45.2 Å². The van der Waals surface area contributed by atoms with Gasteiger partial charge in [0.1, 0.15) is 0 Å². The molecule has 0 amide bonds. The van der Waals surface area contributed by atoms with Gasteiger partial charge in [-0.2, -0.15) is 4.57 Å². The van der Waals surface area contributed by atoms with Crippen LogP contribution in [0.15, 0.2) is 53.0 Å². The second-order valence-corrected chi connectivity index (χ2v) is 13.1. The number of hydrogen-bond acceptors (Lipinski definition) is 4. The van der Waals surface area contributed by atoms with Crippen molar-refractivity contribution in [1.82, 2.24) is 0 Å². The molecule has 41 heavy (non-hydrogen) atoms. The first-order valence-electron chi connectivity index (χ1n) is 10.3. The summed E-state index contributed by atoms with van der Waals surface area (Å²) in [5, 5.41) is 0.716. The van der Waals surface area contributed by atoms with Crippen molar-refractivity contribution in [2.75, 3.05) is 0 Å². The fourth-order valence-electron chi connectivity index (χ4n) is 2.94. The Morgan fingerprint density at radius 1 is 0.439 bits per heavy atom. The van der Waals surface area contributed by atoms with E-state index in [2.05, 4.69) is 0 Å². The van der Waals surface area contributed by atoms with Crippen LogP contribution in [0.3, 0.4) is 0 Å². The molecule has 0 aliphatic carbocycles. The molecule has 218 valence electrons. The van der Waals surface area contributed by atoms with Crippen molar-refractivity contribution in [2.24, 2.45) is 0 Å². The average molecular weight is 818 g/mol. The van der Waals surface area contributed by atoms with Crippen molar-refractivity contribution in [3.05, 3.63) is 115 Å². The van der Waals surface area contributed by atoms with Crippen LogP contribution in [0.25, 0.3) is 17.3 Å². The van der Waals surface area contributed by atoms with E-state index in [1.165, 1.54) is 36.4 Å². The summed E-state index contributed by atoms with van der Waals surface area (Å²) >= 11 is 73.6. The maximum absolute atomic E-state index is 14.4. The minimum atomic E-state index is -4.94. The highest BCUT2D eigenvalue weighted by atomic mass is 35.5. The Morgan fingerprint density at radius 3 is 0.878 bits per heavy atom. The van der Waals surface area contributed by atoms with E-state index >= 15 is 0 Å². The summed E-state index contributed by atoms with van der Waals surface area (Å²) in [6, 6.07) is 7.89. The van der Waals surface area contributed by atoms with Gasteiger partial charge in [-0.15, -0.1) is 0 Å². The van der Waals surface area contributed by atoms with E-state index in [0.717, 1.165) is 16.6 Å². The standard InChI is InChI=1S/C24H9Cl12O4P/c25-7-22(10-1-16(31)19(34)4-13(10)28)38-41(37,39-23(8-26)11-2-17(32)20(35)5-14(11)29)40-24(9-27)12-3-18(33)21(36)6-15(12)30/h1-9H/b22-7+,23-8+,24-9+. The molecule has 3 aromatic rings. The molecular weight excluding hydrogens is 809 g/mol. The van der Waals surface area contributed by atoms with Gasteiger partial charge in [-0.05, 0) is 36.4 Å². The normalized spacial score (nSPS) is 12.9. The van der Waals surface area contributed by atoms with Crippen molar-refractivity contribution in [3.63, 3.8) is 0 Å². The highest BCUT2D eigenvalue weighted by Crippen LogP contribution is 2.60. The van der Waals surface area contributed by atoms with Crippen molar-refractivity contribution in [3.8, 4) is 0 Å². The highest BCUT2D eigenvalue weighted by molar-refractivity contribution is 7.49. The monoisotopic (exact) mass is 812 g/mol. The molecule has 0 aliphatic rings. The molecular formula is C24H9Cl12O4P. The molecule has 0 fully saturated rings. The number of phosphoric ester groups is 1. The van der Waals surface area contributed by atoms with E-state index in [4.69, 9.17) is 153 Å². The zero-order chi connectivity index (χ0) is 30.6. The predicted octanol–water partition coefficient (Wildman–Crippen LogP) is 14.7. The van der Waals surface area contributed by atoms with Crippen LogP contribution < -0.4 is 0 Å². The van der Waals surface area contributed by atoms with Crippen molar-refractivity contribution < 1.29 is 18.1 Å². The van der Waals surface area contributed by atoms with E-state index in [1.54, 1.807) is 0 Å². The number of phosphoric acid groups is 1. The van der Waals surface area contributed by atoms with Crippen molar-refractivity contribution in [2.45, 2.75) is 0 Å². The van der Waals surface area contributed by atoms with E-state index in [0.29, 0.717) is 0 Å². The molecule has 0 unspecified atom stereocenters. The summed E-state index contributed by atoms with van der Waals surface area (Å²) in [7, 11) is -4.94. The molecule has 0 heterocycles. The van der Waals surface area contributed by atoms with Gasteiger partial charge < -0.3 is 13.6 Å². The van der Waals surface area contributed by atoms with Crippen LogP contribution in [-0.2, 0) is 18.1 Å². The van der Waals surface area contributed by atoms with Crippen LogP contribution in [0.2, 0.25) is 45.2 Å². The SMILES string of the molecule is O=P(O/C(=C/Cl)c1cc(Cl)c(Cl)cc1Cl)(O/C(=C/Cl)c1cc(Cl)c(Cl)cc1Cl)O/C(=C/Cl)c1cc(Cl)c(Cl)cc1Cl. The number of benzene rings is 3. The Kier molecular flexibility index (Phi) is 13.3. The fraction of sp³-hybridized carbons (Fsp3) is 0. The van der Waals surface area contributed by atoms with Gasteiger partial charge >= 0.3 is 7.82 Å². The van der Waals surface area contributed by atoms with Gasteiger partial charge in [0, 0.05) is 33.3 Å². The Morgan fingerprint density at radius 2 is 0.659 bits per heavy atom. The van der Waals surface area contributed by atoms with Crippen LogP contribution in [-0.4, -0.2) is 0 Å². The van der Waals surface area contributed by atoms with Crippen molar-refractivity contribution >= 4 is 164 Å². The maximum Gasteiger partial charge on any atom is 0.647 e. The quantitative estimate of drug-likeness (QED) is 0.123. The molecule has 0 saturated carbocycles. The van der Waals surface area contributed by atoms with Crippen LogP contribution in [0.5, 0.6) is 0 Å². The highest BCUT2D eigenvalue weighted by Gasteiger charge is 2.38. The van der Waals surface area contributed by atoms with E-state index in [9.17, 15) is 4.57 Å². The molecule has 17 heteroatoms. The Hall–Kier alpha value is -0.0100. The van der Waals surface area contributed by atoms with Crippen LogP contribution in [0.1, 0.15) is 16.7 Å². The Balaban J connectivity index is 2.16. The molecule has 0 radical (unpaired) electrons. The van der Waals surface area contributed by atoms with E-state index in [1.807, 2.05) is 0 Å². The Bertz CT molecular complexity index is 1450. The van der Waals surface area contributed by atoms with Crippen LogP contribution in [0.4, 0.5) is 0 Å². The first-order valence-corrected chi connectivity index (χ1v) is 16.4. The third-order valence-corrected chi connectivity index (χ3v) is 9.71. The van der Waals surface area contributed by atoms with E-state index < -0.39 is 7.82 Å². The number of halogens is 12. The average Bonchev–Trinajstić information content (AvgIpc) is 2.91. The zero-order valence-corrected chi connectivity index (χ0v) is 29.3. The van der Waals surface area contributed by atoms with Gasteiger partial charge in [0.15, 0.2) is 17.3 Å².